The van der Waals surface area contributed by atoms with Gasteiger partial charge in [-0.1, -0.05) is 18.2 Å². The Bertz CT molecular complexity index is 566. The summed E-state index contributed by atoms with van der Waals surface area (Å²) in [5.74, 6) is 0.451. The first-order valence-corrected chi connectivity index (χ1v) is 9.81. The third kappa shape index (κ3) is 5.84. The maximum atomic E-state index is 12.9. The summed E-state index contributed by atoms with van der Waals surface area (Å²) in [6, 6.07) is 9.85. The van der Waals surface area contributed by atoms with Crippen LogP contribution >= 0.6 is 0 Å². The Hall–Kier alpha value is -1.88. The number of anilines is 1. The Morgan fingerprint density at radius 3 is 2.23 bits per heavy atom. The largest absolute Gasteiger partial charge is 0.356 e. The maximum absolute atomic E-state index is 12.9. The van der Waals surface area contributed by atoms with Crippen molar-refractivity contribution < 1.29 is 9.59 Å². The van der Waals surface area contributed by atoms with E-state index in [0.29, 0.717) is 6.54 Å². The molecule has 0 spiro atoms. The van der Waals surface area contributed by atoms with E-state index in [-0.39, 0.29) is 23.7 Å². The third-order valence-corrected chi connectivity index (χ3v) is 5.18. The highest BCUT2D eigenvalue weighted by atomic mass is 16.2. The van der Waals surface area contributed by atoms with E-state index in [1.165, 1.54) is 0 Å². The molecule has 0 aliphatic heterocycles. The first-order valence-electron chi connectivity index (χ1n) is 9.81. The summed E-state index contributed by atoms with van der Waals surface area (Å²) in [5, 5.41) is 3.05. The van der Waals surface area contributed by atoms with Crippen molar-refractivity contribution in [1.82, 2.24) is 10.2 Å². The molecule has 2 amide bonds. The summed E-state index contributed by atoms with van der Waals surface area (Å²) in [5.41, 5.74) is 0.959. The zero-order valence-corrected chi connectivity index (χ0v) is 16.4. The molecule has 1 aliphatic rings. The van der Waals surface area contributed by atoms with Crippen LogP contribution in [0.3, 0.4) is 0 Å². The molecule has 1 aromatic carbocycles. The third-order valence-electron chi connectivity index (χ3n) is 5.18. The quantitative estimate of drug-likeness (QED) is 0.726. The molecule has 0 saturated heterocycles. The topological polar surface area (TPSA) is 52.7 Å². The molecule has 1 N–H and O–H groups in total. The van der Waals surface area contributed by atoms with Crippen molar-refractivity contribution in [3.8, 4) is 0 Å². The van der Waals surface area contributed by atoms with Crippen LogP contribution in [0.4, 0.5) is 5.69 Å². The van der Waals surface area contributed by atoms with Crippen molar-refractivity contribution in [2.24, 2.45) is 11.8 Å². The highest BCUT2D eigenvalue weighted by molar-refractivity contribution is 5.95. The lowest BCUT2D eigenvalue weighted by molar-refractivity contribution is -0.129. The van der Waals surface area contributed by atoms with E-state index < -0.39 is 0 Å². The van der Waals surface area contributed by atoms with Gasteiger partial charge in [0.25, 0.3) is 0 Å². The number of nitrogens with one attached hydrogen (secondary N) is 1. The molecule has 0 heterocycles. The van der Waals surface area contributed by atoms with Gasteiger partial charge in [-0.25, -0.2) is 0 Å². The van der Waals surface area contributed by atoms with Crippen molar-refractivity contribution in [3.05, 3.63) is 30.3 Å². The summed E-state index contributed by atoms with van der Waals surface area (Å²) in [6.45, 7) is 4.40. The number of carbonyl (C=O) groups excluding carboxylic acids is 2. The predicted octanol–water partition coefficient (Wildman–Crippen LogP) is 2.91. The molecule has 0 radical (unpaired) electrons. The predicted molar refractivity (Wildman–Crippen MR) is 106 cm³/mol. The van der Waals surface area contributed by atoms with E-state index in [1.54, 1.807) is 0 Å². The van der Waals surface area contributed by atoms with Crippen LogP contribution in [0.1, 0.15) is 39.0 Å². The lowest BCUT2D eigenvalue weighted by Crippen LogP contribution is -2.40. The molecule has 5 nitrogen and oxygen atoms in total. The molecule has 0 aromatic heterocycles. The first kappa shape index (κ1) is 20.4. The number of hydrogen-bond donors (Lipinski definition) is 1. The lowest BCUT2D eigenvalue weighted by atomic mass is 9.81. The zero-order chi connectivity index (χ0) is 18.9. The normalized spacial score (nSPS) is 20.0. The van der Waals surface area contributed by atoms with Gasteiger partial charge in [0.15, 0.2) is 0 Å². The minimum Gasteiger partial charge on any atom is -0.356 e. The van der Waals surface area contributed by atoms with Gasteiger partial charge >= 0.3 is 0 Å². The number of amides is 2. The Morgan fingerprint density at radius 1 is 1.04 bits per heavy atom. The van der Waals surface area contributed by atoms with Gasteiger partial charge in [-0.3, -0.25) is 9.59 Å². The fourth-order valence-electron chi connectivity index (χ4n) is 3.65. The maximum Gasteiger partial charge on any atom is 0.230 e. The Morgan fingerprint density at radius 2 is 1.65 bits per heavy atom. The second kappa shape index (κ2) is 10.3. The van der Waals surface area contributed by atoms with Crippen LogP contribution in [-0.2, 0) is 9.59 Å². The molecular formula is C21H33N3O2. The van der Waals surface area contributed by atoms with Crippen LogP contribution in [-0.4, -0.2) is 50.4 Å². The van der Waals surface area contributed by atoms with E-state index in [4.69, 9.17) is 0 Å². The van der Waals surface area contributed by atoms with Crippen LogP contribution in [0, 0.1) is 11.8 Å². The standard InChI is InChI=1S/C21H33N3O2/c1-4-24(19-9-6-5-7-10-19)21(26)18-13-11-17(12-14-18)20(25)22-15-8-16-23(2)3/h5-7,9-10,17-18H,4,8,11-16H2,1-3H3,(H,22,25). The fraction of sp³-hybridized carbons (Fsp3) is 0.619. The zero-order valence-electron chi connectivity index (χ0n) is 16.4. The number of benzene rings is 1. The van der Waals surface area contributed by atoms with Crippen molar-refractivity contribution in [1.29, 1.82) is 0 Å². The minimum absolute atomic E-state index is 0.0351. The van der Waals surface area contributed by atoms with E-state index in [0.717, 1.165) is 50.9 Å². The summed E-state index contributed by atoms with van der Waals surface area (Å²) >= 11 is 0. The number of carbonyl (C=O) groups is 2. The second-order valence-corrected chi connectivity index (χ2v) is 7.41. The van der Waals surface area contributed by atoms with Crippen LogP contribution in [0.5, 0.6) is 0 Å². The Kier molecular flexibility index (Phi) is 8.10. The first-order chi connectivity index (χ1) is 12.5. The Labute approximate surface area is 157 Å². The van der Waals surface area contributed by atoms with Gasteiger partial charge in [-0.05, 0) is 71.8 Å². The van der Waals surface area contributed by atoms with Crippen LogP contribution < -0.4 is 10.2 Å². The van der Waals surface area contributed by atoms with Crippen LogP contribution in [0.2, 0.25) is 0 Å². The SMILES string of the molecule is CCN(C(=O)C1CCC(C(=O)NCCCN(C)C)CC1)c1ccccc1. The molecule has 0 bridgehead atoms. The van der Waals surface area contributed by atoms with E-state index in [2.05, 4.69) is 10.2 Å². The summed E-state index contributed by atoms with van der Waals surface area (Å²) in [6.07, 6.45) is 4.19. The van der Waals surface area contributed by atoms with E-state index in [1.807, 2.05) is 56.3 Å². The molecule has 5 heteroatoms. The van der Waals surface area contributed by atoms with Crippen molar-refractivity contribution in [2.45, 2.75) is 39.0 Å². The highest BCUT2D eigenvalue weighted by Crippen LogP contribution is 2.31. The molecule has 1 aromatic rings. The van der Waals surface area contributed by atoms with Crippen molar-refractivity contribution in [3.63, 3.8) is 0 Å². The molecule has 2 rings (SSSR count). The minimum atomic E-state index is 0.0351. The fourth-order valence-corrected chi connectivity index (χ4v) is 3.65. The van der Waals surface area contributed by atoms with Crippen molar-refractivity contribution in [2.75, 3.05) is 38.6 Å². The summed E-state index contributed by atoms with van der Waals surface area (Å²) in [4.78, 5) is 29.2. The smallest absolute Gasteiger partial charge is 0.230 e. The van der Waals surface area contributed by atoms with E-state index >= 15 is 0 Å². The van der Waals surface area contributed by atoms with Gasteiger partial charge in [0.1, 0.15) is 0 Å². The number of rotatable bonds is 8. The van der Waals surface area contributed by atoms with Gasteiger partial charge in [-0.2, -0.15) is 0 Å². The highest BCUT2D eigenvalue weighted by Gasteiger charge is 2.32. The number of hydrogen-bond acceptors (Lipinski definition) is 3. The van der Waals surface area contributed by atoms with Crippen molar-refractivity contribution >= 4 is 17.5 Å². The van der Waals surface area contributed by atoms with Gasteiger partial charge in [0.05, 0.1) is 0 Å². The molecular weight excluding hydrogens is 326 g/mol. The average molecular weight is 360 g/mol. The van der Waals surface area contributed by atoms with Crippen LogP contribution in [0.15, 0.2) is 30.3 Å². The molecule has 0 atom stereocenters. The number of para-hydroxylation sites is 1. The molecule has 144 valence electrons. The second-order valence-electron chi connectivity index (χ2n) is 7.41. The van der Waals surface area contributed by atoms with Crippen LogP contribution in [0.25, 0.3) is 0 Å². The van der Waals surface area contributed by atoms with Gasteiger partial charge in [0.2, 0.25) is 11.8 Å². The molecule has 1 saturated carbocycles. The van der Waals surface area contributed by atoms with Gasteiger partial charge in [-0.15, -0.1) is 0 Å². The van der Waals surface area contributed by atoms with Gasteiger partial charge < -0.3 is 15.1 Å². The summed E-state index contributed by atoms with van der Waals surface area (Å²) < 4.78 is 0. The molecule has 1 fully saturated rings. The molecule has 0 unspecified atom stereocenters. The van der Waals surface area contributed by atoms with E-state index in [9.17, 15) is 9.59 Å². The monoisotopic (exact) mass is 359 g/mol. The number of nitrogens with zero attached hydrogens (tertiary/aromatic N) is 2. The van der Waals surface area contributed by atoms with Gasteiger partial charge in [0, 0.05) is 30.6 Å². The molecule has 1 aliphatic carbocycles. The average Bonchev–Trinajstić information content (AvgIpc) is 2.66. The summed E-state index contributed by atoms with van der Waals surface area (Å²) in [7, 11) is 4.07. The Balaban J connectivity index is 1.80. The lowest BCUT2D eigenvalue weighted by Gasteiger charge is -2.31. The molecule has 26 heavy (non-hydrogen) atoms.